The van der Waals surface area contributed by atoms with Crippen molar-refractivity contribution < 1.29 is 28.3 Å². The summed E-state index contributed by atoms with van der Waals surface area (Å²) in [4.78, 5) is 52.1. The number of nitrogens with one attached hydrogen (secondary N) is 1. The molecule has 4 aliphatic heterocycles. The topological polar surface area (TPSA) is 124 Å². The summed E-state index contributed by atoms with van der Waals surface area (Å²) in [5.41, 5.74) is 3.41. The van der Waals surface area contributed by atoms with Crippen molar-refractivity contribution in [2.24, 2.45) is 5.41 Å². The standard InChI is InChI=1S/C31H27F2N7O4S/c32-19-9-24-25(35-16-37(24)10-19)26(27(41)36-29-34-5-6-45-29)40-11-22-21(28(40)42)7-18(8-23(22)33)17-1-3-20(4-2-17)38-12-31(13-38)14-39(15-31)30(43)44/h1-8,16,19,26H,9-15H2,(H,43,44)(H,34,36,41)/t19-,26?/m1/s1. The van der Waals surface area contributed by atoms with Crippen LogP contribution in [0.25, 0.3) is 11.1 Å². The number of benzene rings is 2. The maximum Gasteiger partial charge on any atom is 0.407 e. The molecule has 45 heavy (non-hydrogen) atoms. The number of carboxylic acid groups (broad SMARTS) is 1. The summed E-state index contributed by atoms with van der Waals surface area (Å²) < 4.78 is 31.6. The molecule has 8 rings (SSSR count). The SMILES string of the molecule is O=C(Nc1nccs1)C(c1ncn2c1C[C@@H](F)C2)N1Cc2c(F)cc(-c3ccc(N4CC5(CN(C(=O)O)C5)C4)cc3)cc2C1=O. The summed E-state index contributed by atoms with van der Waals surface area (Å²) >= 11 is 1.22. The van der Waals surface area contributed by atoms with Crippen LogP contribution in [0.15, 0.2) is 54.3 Å². The van der Waals surface area contributed by atoms with Crippen molar-refractivity contribution in [2.45, 2.75) is 31.7 Å². The molecule has 2 aromatic carbocycles. The second kappa shape index (κ2) is 10.1. The van der Waals surface area contributed by atoms with Crippen LogP contribution >= 0.6 is 11.3 Å². The van der Waals surface area contributed by atoms with Gasteiger partial charge in [0, 0.05) is 72.1 Å². The van der Waals surface area contributed by atoms with E-state index in [1.54, 1.807) is 22.2 Å². The third-order valence-corrected chi connectivity index (χ3v) is 9.91. The van der Waals surface area contributed by atoms with E-state index in [2.05, 4.69) is 20.2 Å². The fourth-order valence-corrected chi connectivity index (χ4v) is 7.59. The van der Waals surface area contributed by atoms with Crippen molar-refractivity contribution in [1.82, 2.24) is 24.3 Å². The number of anilines is 2. The van der Waals surface area contributed by atoms with Crippen LogP contribution in [0.3, 0.4) is 0 Å². The van der Waals surface area contributed by atoms with E-state index in [0.717, 1.165) is 24.3 Å². The smallest absolute Gasteiger partial charge is 0.407 e. The van der Waals surface area contributed by atoms with Gasteiger partial charge in [-0.05, 0) is 35.4 Å². The highest BCUT2D eigenvalue weighted by Crippen LogP contribution is 2.43. The Morgan fingerprint density at radius 2 is 1.87 bits per heavy atom. The number of halogens is 2. The Labute approximate surface area is 259 Å². The summed E-state index contributed by atoms with van der Waals surface area (Å²) in [6.07, 6.45) is 1.08. The van der Waals surface area contributed by atoms with Crippen molar-refractivity contribution in [3.63, 3.8) is 0 Å². The Balaban J connectivity index is 1.04. The maximum atomic E-state index is 15.6. The average Bonchev–Trinajstić information content (AvgIpc) is 3.75. The Hall–Kier alpha value is -4.85. The number of alkyl halides is 1. The third-order valence-electron chi connectivity index (χ3n) is 9.23. The summed E-state index contributed by atoms with van der Waals surface area (Å²) in [6, 6.07) is 9.44. The van der Waals surface area contributed by atoms with Crippen LogP contribution in [0.1, 0.15) is 33.4 Å². The molecule has 6 heterocycles. The van der Waals surface area contributed by atoms with E-state index >= 15 is 4.39 Å². The highest BCUT2D eigenvalue weighted by atomic mass is 32.1. The van der Waals surface area contributed by atoms with E-state index in [-0.39, 0.29) is 41.7 Å². The molecule has 4 aromatic rings. The van der Waals surface area contributed by atoms with Crippen molar-refractivity contribution in [1.29, 1.82) is 0 Å². The van der Waals surface area contributed by atoms with E-state index in [4.69, 9.17) is 5.11 Å². The first-order valence-corrected chi connectivity index (χ1v) is 15.4. The number of imidazole rings is 1. The molecule has 14 heteroatoms. The second-order valence-electron chi connectivity index (χ2n) is 12.2. The molecule has 1 spiro atoms. The number of hydrogen-bond acceptors (Lipinski definition) is 7. The monoisotopic (exact) mass is 631 g/mol. The molecule has 0 saturated carbocycles. The third kappa shape index (κ3) is 4.54. The fourth-order valence-electron chi connectivity index (χ4n) is 7.06. The maximum absolute atomic E-state index is 15.6. The Kier molecular flexibility index (Phi) is 6.21. The van der Waals surface area contributed by atoms with E-state index in [0.29, 0.717) is 29.5 Å². The predicted octanol–water partition coefficient (Wildman–Crippen LogP) is 4.18. The molecule has 4 aliphatic rings. The van der Waals surface area contributed by atoms with E-state index in [9.17, 15) is 18.8 Å². The molecule has 1 unspecified atom stereocenters. The van der Waals surface area contributed by atoms with Gasteiger partial charge < -0.3 is 24.4 Å². The Morgan fingerprint density at radius 3 is 2.58 bits per heavy atom. The number of fused-ring (bicyclic) bond motifs is 2. The Bertz CT molecular complexity index is 1850. The molecule has 2 aromatic heterocycles. The molecule has 11 nitrogen and oxygen atoms in total. The number of thiazole rings is 1. The number of aromatic nitrogens is 3. The molecular formula is C31H27F2N7O4S. The first-order chi connectivity index (χ1) is 21.7. The molecule has 2 fully saturated rings. The summed E-state index contributed by atoms with van der Waals surface area (Å²) in [7, 11) is 0. The molecule has 2 atom stereocenters. The number of amides is 3. The Morgan fingerprint density at radius 1 is 1.09 bits per heavy atom. The van der Waals surface area contributed by atoms with Gasteiger partial charge >= 0.3 is 6.09 Å². The van der Waals surface area contributed by atoms with Gasteiger partial charge in [-0.3, -0.25) is 14.9 Å². The van der Waals surface area contributed by atoms with Gasteiger partial charge in [-0.25, -0.2) is 23.5 Å². The minimum absolute atomic E-state index is 0.0195. The second-order valence-corrected chi connectivity index (χ2v) is 13.1. The minimum atomic E-state index is -1.21. The van der Waals surface area contributed by atoms with Gasteiger partial charge in [0.2, 0.25) is 0 Å². The predicted molar refractivity (Wildman–Crippen MR) is 160 cm³/mol. The summed E-state index contributed by atoms with van der Waals surface area (Å²) in [5.74, 6) is -1.63. The van der Waals surface area contributed by atoms with Crippen LogP contribution < -0.4 is 10.2 Å². The normalized spacial score (nSPS) is 20.1. The zero-order valence-electron chi connectivity index (χ0n) is 23.8. The van der Waals surface area contributed by atoms with E-state index < -0.39 is 35.9 Å². The van der Waals surface area contributed by atoms with Crippen molar-refractivity contribution >= 4 is 40.1 Å². The molecule has 0 aliphatic carbocycles. The van der Waals surface area contributed by atoms with Crippen LogP contribution in [0.4, 0.5) is 24.4 Å². The lowest BCUT2D eigenvalue weighted by atomic mass is 9.73. The number of hydrogen-bond donors (Lipinski definition) is 2. The van der Waals surface area contributed by atoms with Gasteiger partial charge in [-0.2, -0.15) is 0 Å². The molecule has 3 amide bonds. The van der Waals surface area contributed by atoms with Crippen LogP contribution in [-0.2, 0) is 24.3 Å². The molecule has 0 radical (unpaired) electrons. The van der Waals surface area contributed by atoms with Gasteiger partial charge in [-0.15, -0.1) is 11.3 Å². The van der Waals surface area contributed by atoms with Crippen LogP contribution in [0.5, 0.6) is 0 Å². The lowest BCUT2D eigenvalue weighted by Gasteiger charge is -2.60. The first-order valence-electron chi connectivity index (χ1n) is 14.5. The number of nitrogens with zero attached hydrogens (tertiary/aromatic N) is 6. The summed E-state index contributed by atoms with van der Waals surface area (Å²) in [5, 5.41) is 13.9. The summed E-state index contributed by atoms with van der Waals surface area (Å²) in [6.45, 7) is 2.62. The van der Waals surface area contributed by atoms with Gasteiger partial charge in [-0.1, -0.05) is 12.1 Å². The van der Waals surface area contributed by atoms with Crippen LogP contribution in [0, 0.1) is 11.2 Å². The lowest BCUT2D eigenvalue weighted by Crippen LogP contribution is -2.73. The van der Waals surface area contributed by atoms with Gasteiger partial charge in [0.25, 0.3) is 11.8 Å². The average molecular weight is 632 g/mol. The van der Waals surface area contributed by atoms with Crippen LogP contribution in [0.2, 0.25) is 0 Å². The van der Waals surface area contributed by atoms with Gasteiger partial charge in [0.1, 0.15) is 12.0 Å². The van der Waals surface area contributed by atoms with Gasteiger partial charge in [0.15, 0.2) is 11.2 Å². The minimum Gasteiger partial charge on any atom is -0.465 e. The largest absolute Gasteiger partial charge is 0.465 e. The van der Waals surface area contributed by atoms with Crippen molar-refractivity contribution in [2.75, 3.05) is 36.4 Å². The van der Waals surface area contributed by atoms with Crippen molar-refractivity contribution in [3.8, 4) is 11.1 Å². The highest BCUT2D eigenvalue weighted by molar-refractivity contribution is 7.13. The molecule has 2 N–H and O–H groups in total. The van der Waals surface area contributed by atoms with Crippen molar-refractivity contribution in [3.05, 3.63) is 82.6 Å². The molecule has 0 bridgehead atoms. The van der Waals surface area contributed by atoms with Crippen LogP contribution in [-0.4, -0.2) is 79.7 Å². The van der Waals surface area contributed by atoms with Gasteiger partial charge in [0.05, 0.1) is 25.1 Å². The van der Waals surface area contributed by atoms with E-state index in [1.165, 1.54) is 33.5 Å². The zero-order chi connectivity index (χ0) is 31.0. The quantitative estimate of drug-likeness (QED) is 0.327. The lowest BCUT2D eigenvalue weighted by molar-refractivity contribution is -0.121. The molecule has 230 valence electrons. The first kappa shape index (κ1) is 27.7. The number of rotatable bonds is 6. The fraction of sp³-hybridized carbons (Fsp3) is 0.323. The van der Waals surface area contributed by atoms with E-state index in [1.807, 2.05) is 24.3 Å². The highest BCUT2D eigenvalue weighted by Gasteiger charge is 2.53. The number of likely N-dealkylation sites (tertiary alicyclic amines) is 1. The number of carbonyl (C=O) groups is 3. The number of carbonyl (C=O) groups excluding carboxylic acids is 2. The molecular weight excluding hydrogens is 604 g/mol. The molecule has 2 saturated heterocycles. The zero-order valence-corrected chi connectivity index (χ0v) is 24.6.